The van der Waals surface area contributed by atoms with Gasteiger partial charge in [0.15, 0.2) is 17.3 Å². The third-order valence-electron chi connectivity index (χ3n) is 6.86. The van der Waals surface area contributed by atoms with Crippen molar-refractivity contribution in [2.24, 2.45) is 0 Å². The number of carbonyl (C=O) groups excluding carboxylic acids is 2. The smallest absolute Gasteiger partial charge is 0.290 e. The number of furan rings is 1. The van der Waals surface area contributed by atoms with E-state index in [1.54, 1.807) is 43.4 Å². The fraction of sp³-hybridized carbons (Fsp3) is 0.379. The zero-order chi connectivity index (χ0) is 25.5. The number of rotatable bonds is 10. The normalized spacial score (nSPS) is 14.3. The van der Waals surface area contributed by atoms with E-state index in [-0.39, 0.29) is 23.6 Å². The first-order valence-electron chi connectivity index (χ1n) is 12.4. The summed E-state index contributed by atoms with van der Waals surface area (Å²) in [7, 11) is 3.12. The molecular weight excluding hydrogens is 456 g/mol. The van der Waals surface area contributed by atoms with Crippen molar-refractivity contribution in [2.45, 2.75) is 51.1 Å². The molecule has 0 aliphatic heterocycles. The summed E-state index contributed by atoms with van der Waals surface area (Å²) in [6.07, 6.45) is 6.14. The number of amides is 2. The van der Waals surface area contributed by atoms with Crippen LogP contribution in [0, 0.1) is 6.92 Å². The fourth-order valence-electron chi connectivity index (χ4n) is 4.87. The molecule has 1 aromatic heterocycles. The van der Waals surface area contributed by atoms with Crippen molar-refractivity contribution in [1.82, 2.24) is 10.2 Å². The summed E-state index contributed by atoms with van der Waals surface area (Å²) in [6.45, 7) is 2.38. The van der Waals surface area contributed by atoms with Crippen LogP contribution in [-0.4, -0.2) is 43.5 Å². The summed E-state index contributed by atoms with van der Waals surface area (Å²) < 4.78 is 16.4. The molecule has 7 heteroatoms. The van der Waals surface area contributed by atoms with Crippen LogP contribution in [0.2, 0.25) is 0 Å². The molecule has 190 valence electrons. The summed E-state index contributed by atoms with van der Waals surface area (Å²) in [4.78, 5) is 29.2. The highest BCUT2D eigenvalue weighted by Crippen LogP contribution is 2.33. The van der Waals surface area contributed by atoms with E-state index in [1.165, 1.54) is 6.26 Å². The lowest BCUT2D eigenvalue weighted by Crippen LogP contribution is -2.46. The fourth-order valence-corrected chi connectivity index (χ4v) is 4.87. The molecule has 1 heterocycles. The van der Waals surface area contributed by atoms with E-state index in [1.807, 2.05) is 31.2 Å². The van der Waals surface area contributed by atoms with Gasteiger partial charge in [-0.05, 0) is 67.1 Å². The van der Waals surface area contributed by atoms with Crippen LogP contribution in [0.1, 0.15) is 59.0 Å². The van der Waals surface area contributed by atoms with Crippen LogP contribution in [0.3, 0.4) is 0 Å². The van der Waals surface area contributed by atoms with Crippen LogP contribution >= 0.6 is 0 Å². The average Bonchev–Trinajstić information content (AvgIpc) is 3.61. The van der Waals surface area contributed by atoms with Crippen molar-refractivity contribution in [2.75, 3.05) is 20.8 Å². The van der Waals surface area contributed by atoms with Gasteiger partial charge < -0.3 is 24.1 Å². The van der Waals surface area contributed by atoms with Gasteiger partial charge in [-0.25, -0.2) is 0 Å². The summed E-state index contributed by atoms with van der Waals surface area (Å²) in [6, 6.07) is 16.0. The molecule has 0 saturated heterocycles. The van der Waals surface area contributed by atoms with E-state index in [0.717, 1.165) is 36.8 Å². The maximum Gasteiger partial charge on any atom is 0.290 e. The number of nitrogens with zero attached hydrogens (tertiary/aromatic N) is 1. The molecule has 1 saturated carbocycles. The van der Waals surface area contributed by atoms with Gasteiger partial charge in [-0.15, -0.1) is 0 Å². The highest BCUT2D eigenvalue weighted by atomic mass is 16.5. The lowest BCUT2D eigenvalue weighted by Gasteiger charge is -2.32. The van der Waals surface area contributed by atoms with Crippen molar-refractivity contribution >= 4 is 11.8 Å². The van der Waals surface area contributed by atoms with Gasteiger partial charge in [0.05, 0.1) is 20.5 Å². The Morgan fingerprint density at radius 2 is 1.78 bits per heavy atom. The van der Waals surface area contributed by atoms with Gasteiger partial charge in [-0.2, -0.15) is 0 Å². The largest absolute Gasteiger partial charge is 0.493 e. The number of methoxy groups -OCH3 is 2. The number of aryl methyl sites for hydroxylation is 1. The third kappa shape index (κ3) is 5.73. The zero-order valence-electron chi connectivity index (χ0n) is 21.2. The van der Waals surface area contributed by atoms with Crippen LogP contribution in [-0.2, 0) is 11.2 Å². The van der Waals surface area contributed by atoms with Crippen LogP contribution in [0.25, 0.3) is 0 Å². The lowest BCUT2D eigenvalue weighted by molar-refractivity contribution is -0.126. The maximum absolute atomic E-state index is 13.8. The Morgan fingerprint density at radius 1 is 1.03 bits per heavy atom. The number of nitrogens with one attached hydrogen (secondary N) is 1. The topological polar surface area (TPSA) is 81.0 Å². The van der Waals surface area contributed by atoms with Gasteiger partial charge in [0.2, 0.25) is 5.91 Å². The standard InChI is InChI=1S/C29H34N2O5/c1-20-9-4-5-10-21(20)16-17-31(29(33)25-13-8-18-36-25)27(28(32)30-23-11-6-7-12-23)22-14-15-24(34-2)26(19-22)35-3/h4-5,8-10,13-15,18-19,23,27H,6-7,11-12,16-17H2,1-3H3,(H,30,32)/t27-/m1/s1. The monoisotopic (exact) mass is 490 g/mol. The first-order chi connectivity index (χ1) is 17.5. The number of hydrogen-bond acceptors (Lipinski definition) is 5. The van der Waals surface area contributed by atoms with Crippen molar-refractivity contribution in [3.05, 3.63) is 83.3 Å². The molecule has 4 rings (SSSR count). The van der Waals surface area contributed by atoms with E-state index in [0.29, 0.717) is 30.0 Å². The van der Waals surface area contributed by atoms with Gasteiger partial charge >= 0.3 is 0 Å². The molecule has 7 nitrogen and oxygen atoms in total. The molecule has 2 amide bonds. The summed E-state index contributed by atoms with van der Waals surface area (Å²) in [5.41, 5.74) is 2.91. The van der Waals surface area contributed by atoms with Crippen LogP contribution in [0.15, 0.2) is 65.3 Å². The maximum atomic E-state index is 13.8. The Labute approximate surface area is 212 Å². The minimum absolute atomic E-state index is 0.108. The Bertz CT molecular complexity index is 1170. The van der Waals surface area contributed by atoms with E-state index in [4.69, 9.17) is 13.9 Å². The van der Waals surface area contributed by atoms with Gasteiger partial charge in [-0.3, -0.25) is 9.59 Å². The Balaban J connectivity index is 1.74. The van der Waals surface area contributed by atoms with Crippen molar-refractivity contribution < 1.29 is 23.5 Å². The molecule has 1 atom stereocenters. The summed E-state index contributed by atoms with van der Waals surface area (Å²) >= 11 is 0. The molecule has 36 heavy (non-hydrogen) atoms. The van der Waals surface area contributed by atoms with E-state index in [2.05, 4.69) is 11.4 Å². The Hall–Kier alpha value is -3.74. The quantitative estimate of drug-likeness (QED) is 0.428. The Morgan fingerprint density at radius 3 is 2.44 bits per heavy atom. The molecule has 1 N–H and O–H groups in total. The molecule has 1 aliphatic rings. The van der Waals surface area contributed by atoms with Gasteiger partial charge in [0, 0.05) is 12.6 Å². The molecule has 2 aromatic carbocycles. The number of hydrogen-bond donors (Lipinski definition) is 1. The van der Waals surface area contributed by atoms with Crippen molar-refractivity contribution in [1.29, 1.82) is 0 Å². The summed E-state index contributed by atoms with van der Waals surface area (Å²) in [5, 5.41) is 3.20. The molecule has 0 radical (unpaired) electrons. The molecule has 3 aromatic rings. The van der Waals surface area contributed by atoms with Crippen LogP contribution in [0.5, 0.6) is 11.5 Å². The second-order valence-corrected chi connectivity index (χ2v) is 9.16. The number of ether oxygens (including phenoxy) is 2. The van der Waals surface area contributed by atoms with E-state index < -0.39 is 6.04 Å². The molecular formula is C29H34N2O5. The van der Waals surface area contributed by atoms with Crippen molar-refractivity contribution in [3.8, 4) is 11.5 Å². The number of benzene rings is 2. The van der Waals surface area contributed by atoms with Crippen LogP contribution in [0.4, 0.5) is 0 Å². The highest BCUT2D eigenvalue weighted by molar-refractivity contribution is 5.96. The number of carbonyl (C=O) groups is 2. The van der Waals surface area contributed by atoms with Crippen LogP contribution < -0.4 is 14.8 Å². The first kappa shape index (κ1) is 25.4. The minimum atomic E-state index is -0.868. The highest BCUT2D eigenvalue weighted by Gasteiger charge is 2.35. The zero-order valence-corrected chi connectivity index (χ0v) is 21.2. The first-order valence-corrected chi connectivity index (χ1v) is 12.4. The third-order valence-corrected chi connectivity index (χ3v) is 6.86. The van der Waals surface area contributed by atoms with Gasteiger partial charge in [0.25, 0.3) is 5.91 Å². The summed E-state index contributed by atoms with van der Waals surface area (Å²) in [5.74, 6) is 0.700. The minimum Gasteiger partial charge on any atom is -0.493 e. The molecule has 0 bridgehead atoms. The SMILES string of the molecule is COc1ccc([C@H](C(=O)NC2CCCC2)N(CCc2ccccc2C)C(=O)c2ccco2)cc1OC. The predicted molar refractivity (Wildman–Crippen MR) is 137 cm³/mol. The van der Waals surface area contributed by atoms with Gasteiger partial charge in [0.1, 0.15) is 6.04 Å². The second kappa shape index (κ2) is 11.8. The average molecular weight is 491 g/mol. The molecule has 1 aliphatic carbocycles. The van der Waals surface area contributed by atoms with E-state index in [9.17, 15) is 9.59 Å². The lowest BCUT2D eigenvalue weighted by atomic mass is 10.00. The second-order valence-electron chi connectivity index (χ2n) is 9.16. The molecule has 0 spiro atoms. The molecule has 0 unspecified atom stereocenters. The molecule has 1 fully saturated rings. The Kier molecular flexibility index (Phi) is 8.31. The predicted octanol–water partition coefficient (Wildman–Crippen LogP) is 5.09. The van der Waals surface area contributed by atoms with Gasteiger partial charge in [-0.1, -0.05) is 43.2 Å². The van der Waals surface area contributed by atoms with Crippen molar-refractivity contribution in [3.63, 3.8) is 0 Å². The van der Waals surface area contributed by atoms with E-state index >= 15 is 0 Å².